The zero-order chi connectivity index (χ0) is 15.6. The van der Waals surface area contributed by atoms with Crippen LogP contribution in [0.2, 0.25) is 0 Å². The molecule has 2 fully saturated rings. The molecule has 3 rings (SSSR count). The molecule has 0 aromatic carbocycles. The fourth-order valence-electron chi connectivity index (χ4n) is 3.91. The Morgan fingerprint density at radius 3 is 2.68 bits per heavy atom. The van der Waals surface area contributed by atoms with Gasteiger partial charge in [0.15, 0.2) is 0 Å². The lowest BCUT2D eigenvalue weighted by molar-refractivity contribution is 0.144. The summed E-state index contributed by atoms with van der Waals surface area (Å²) in [4.78, 5) is 11.3. The van der Waals surface area contributed by atoms with E-state index in [1.54, 1.807) is 6.33 Å². The van der Waals surface area contributed by atoms with Crippen LogP contribution in [0, 0.1) is 0 Å². The zero-order valence-electron chi connectivity index (χ0n) is 13.9. The number of nitrogens with two attached hydrogens (primary N) is 1. The standard InChI is InChI=1S/C17H29N5/c1-3-22(2)17(6-4-5-7-17)11-19-16-10-15(20-12-21-16)13-8-14(18)9-13/h10,12-14H,3-9,11,18H2,1-2H3,(H,19,20,21). The summed E-state index contributed by atoms with van der Waals surface area (Å²) in [5.41, 5.74) is 7.32. The predicted molar refractivity (Wildman–Crippen MR) is 90.0 cm³/mol. The first-order chi connectivity index (χ1) is 10.6. The third-order valence-electron chi connectivity index (χ3n) is 5.70. The highest BCUT2D eigenvalue weighted by atomic mass is 15.2. The second-order valence-corrected chi connectivity index (χ2v) is 7.06. The van der Waals surface area contributed by atoms with Crippen molar-refractivity contribution in [3.8, 4) is 0 Å². The molecule has 1 aromatic heterocycles. The number of nitrogens with zero attached hydrogens (tertiary/aromatic N) is 3. The zero-order valence-corrected chi connectivity index (χ0v) is 13.9. The molecule has 2 aliphatic carbocycles. The van der Waals surface area contributed by atoms with E-state index in [0.717, 1.165) is 37.4 Å². The van der Waals surface area contributed by atoms with E-state index in [0.29, 0.717) is 17.5 Å². The van der Waals surface area contributed by atoms with E-state index in [1.807, 2.05) is 0 Å². The van der Waals surface area contributed by atoms with Gasteiger partial charge in [-0.2, -0.15) is 0 Å². The molecule has 5 nitrogen and oxygen atoms in total. The van der Waals surface area contributed by atoms with Gasteiger partial charge < -0.3 is 11.1 Å². The van der Waals surface area contributed by atoms with Gasteiger partial charge in [0.2, 0.25) is 0 Å². The Labute approximate surface area is 133 Å². The summed E-state index contributed by atoms with van der Waals surface area (Å²) in [5.74, 6) is 1.48. The highest BCUT2D eigenvalue weighted by Gasteiger charge is 2.37. The Morgan fingerprint density at radius 1 is 1.32 bits per heavy atom. The maximum absolute atomic E-state index is 5.89. The lowest BCUT2D eigenvalue weighted by Gasteiger charge is -2.38. The average Bonchev–Trinajstić information content (AvgIpc) is 2.99. The monoisotopic (exact) mass is 303 g/mol. The number of nitrogens with one attached hydrogen (secondary N) is 1. The quantitative estimate of drug-likeness (QED) is 0.844. The summed E-state index contributed by atoms with van der Waals surface area (Å²) in [6.07, 6.45) is 9.02. The van der Waals surface area contributed by atoms with Crippen molar-refractivity contribution in [2.75, 3.05) is 25.5 Å². The summed E-state index contributed by atoms with van der Waals surface area (Å²) < 4.78 is 0. The molecule has 1 aromatic rings. The number of aromatic nitrogens is 2. The molecule has 1 heterocycles. The first-order valence-corrected chi connectivity index (χ1v) is 8.65. The largest absolute Gasteiger partial charge is 0.368 e. The fourth-order valence-corrected chi connectivity index (χ4v) is 3.91. The van der Waals surface area contributed by atoms with Crippen LogP contribution >= 0.6 is 0 Å². The van der Waals surface area contributed by atoms with Gasteiger partial charge in [-0.15, -0.1) is 0 Å². The van der Waals surface area contributed by atoms with Crippen molar-refractivity contribution < 1.29 is 0 Å². The minimum Gasteiger partial charge on any atom is -0.368 e. The Bertz CT molecular complexity index is 492. The van der Waals surface area contributed by atoms with Crippen LogP contribution < -0.4 is 11.1 Å². The smallest absolute Gasteiger partial charge is 0.129 e. The molecule has 0 spiro atoms. The summed E-state index contributed by atoms with van der Waals surface area (Å²) in [7, 11) is 2.24. The van der Waals surface area contributed by atoms with Crippen molar-refractivity contribution in [3.63, 3.8) is 0 Å². The van der Waals surface area contributed by atoms with Crippen LogP contribution in [0.4, 0.5) is 5.82 Å². The number of hydrogen-bond donors (Lipinski definition) is 2. The van der Waals surface area contributed by atoms with Gasteiger partial charge in [-0.3, -0.25) is 4.90 Å². The summed E-state index contributed by atoms with van der Waals surface area (Å²) in [6.45, 7) is 4.30. The normalized spacial score (nSPS) is 26.9. The van der Waals surface area contributed by atoms with Crippen molar-refractivity contribution in [3.05, 3.63) is 18.1 Å². The molecule has 0 amide bonds. The van der Waals surface area contributed by atoms with Crippen LogP contribution in [-0.2, 0) is 0 Å². The van der Waals surface area contributed by atoms with Crippen LogP contribution in [0.3, 0.4) is 0 Å². The SMILES string of the molecule is CCN(C)C1(CNc2cc(C3CC(N)C3)ncn2)CCCC1. The number of anilines is 1. The molecular formula is C17H29N5. The van der Waals surface area contributed by atoms with Gasteiger partial charge in [0, 0.05) is 35.8 Å². The summed E-state index contributed by atoms with van der Waals surface area (Å²) in [6, 6.07) is 2.47. The van der Waals surface area contributed by atoms with E-state index in [9.17, 15) is 0 Å². The molecule has 122 valence electrons. The van der Waals surface area contributed by atoms with E-state index in [1.165, 1.54) is 25.7 Å². The molecular weight excluding hydrogens is 274 g/mol. The van der Waals surface area contributed by atoms with Crippen LogP contribution in [0.15, 0.2) is 12.4 Å². The number of rotatable bonds is 6. The molecule has 2 saturated carbocycles. The van der Waals surface area contributed by atoms with Crippen molar-refractivity contribution in [1.82, 2.24) is 14.9 Å². The van der Waals surface area contributed by atoms with Crippen LogP contribution in [-0.4, -0.2) is 46.6 Å². The van der Waals surface area contributed by atoms with Gasteiger partial charge in [0.05, 0.1) is 0 Å². The first-order valence-electron chi connectivity index (χ1n) is 8.65. The Hall–Kier alpha value is -1.20. The van der Waals surface area contributed by atoms with Gasteiger partial charge >= 0.3 is 0 Å². The third-order valence-corrected chi connectivity index (χ3v) is 5.70. The van der Waals surface area contributed by atoms with Gasteiger partial charge in [0.25, 0.3) is 0 Å². The van der Waals surface area contributed by atoms with Crippen LogP contribution in [0.5, 0.6) is 0 Å². The molecule has 0 unspecified atom stereocenters. The maximum Gasteiger partial charge on any atom is 0.129 e. The minimum atomic E-state index is 0.290. The lowest BCUT2D eigenvalue weighted by Crippen LogP contribution is -2.49. The van der Waals surface area contributed by atoms with E-state index < -0.39 is 0 Å². The first kappa shape index (κ1) is 15.7. The molecule has 0 atom stereocenters. The average molecular weight is 303 g/mol. The molecule has 3 N–H and O–H groups in total. The fraction of sp³-hybridized carbons (Fsp3) is 0.765. The topological polar surface area (TPSA) is 67.1 Å². The highest BCUT2D eigenvalue weighted by molar-refractivity contribution is 5.37. The van der Waals surface area contributed by atoms with E-state index in [4.69, 9.17) is 5.73 Å². The van der Waals surface area contributed by atoms with Crippen LogP contribution in [0.1, 0.15) is 57.1 Å². The van der Waals surface area contributed by atoms with E-state index in [2.05, 4.69) is 40.2 Å². The predicted octanol–water partition coefficient (Wildman–Crippen LogP) is 2.36. The lowest BCUT2D eigenvalue weighted by atomic mass is 9.78. The molecule has 22 heavy (non-hydrogen) atoms. The van der Waals surface area contributed by atoms with Crippen LogP contribution in [0.25, 0.3) is 0 Å². The van der Waals surface area contributed by atoms with Crippen molar-refractivity contribution in [2.24, 2.45) is 5.73 Å². The Morgan fingerprint density at radius 2 is 2.05 bits per heavy atom. The van der Waals surface area contributed by atoms with Crippen molar-refractivity contribution >= 4 is 5.82 Å². The molecule has 0 bridgehead atoms. The van der Waals surface area contributed by atoms with Crippen molar-refractivity contribution in [1.29, 1.82) is 0 Å². The van der Waals surface area contributed by atoms with Gasteiger partial charge in [-0.05, 0) is 39.3 Å². The Balaban J connectivity index is 1.64. The Kier molecular flexibility index (Phi) is 4.64. The second kappa shape index (κ2) is 6.50. The molecule has 0 radical (unpaired) electrons. The van der Waals surface area contributed by atoms with E-state index in [-0.39, 0.29) is 0 Å². The van der Waals surface area contributed by atoms with Gasteiger partial charge in [-0.25, -0.2) is 9.97 Å². The van der Waals surface area contributed by atoms with Gasteiger partial charge in [0.1, 0.15) is 12.1 Å². The minimum absolute atomic E-state index is 0.290. The molecule has 5 heteroatoms. The maximum atomic E-state index is 5.89. The molecule has 0 aliphatic heterocycles. The second-order valence-electron chi connectivity index (χ2n) is 7.06. The molecule has 2 aliphatic rings. The highest BCUT2D eigenvalue weighted by Crippen LogP contribution is 2.36. The molecule has 0 saturated heterocycles. The third kappa shape index (κ3) is 3.10. The summed E-state index contributed by atoms with van der Waals surface area (Å²) in [5, 5.41) is 3.57. The summed E-state index contributed by atoms with van der Waals surface area (Å²) >= 11 is 0. The number of hydrogen-bond acceptors (Lipinski definition) is 5. The van der Waals surface area contributed by atoms with E-state index >= 15 is 0 Å². The van der Waals surface area contributed by atoms with Crippen molar-refractivity contribution in [2.45, 2.75) is 62.9 Å². The number of likely N-dealkylation sites (N-methyl/N-ethyl adjacent to an activating group) is 1. The van der Waals surface area contributed by atoms with Gasteiger partial charge in [-0.1, -0.05) is 19.8 Å².